The van der Waals surface area contributed by atoms with E-state index in [1.165, 1.54) is 0 Å². The number of ether oxygens (including phenoxy) is 1. The van der Waals surface area contributed by atoms with Gasteiger partial charge in [0.05, 0.1) is 19.2 Å². The van der Waals surface area contributed by atoms with E-state index in [1.807, 2.05) is 29.9 Å². The number of aryl methyl sites for hydroxylation is 1. The molecule has 0 saturated heterocycles. The molecule has 0 aliphatic carbocycles. The van der Waals surface area contributed by atoms with Crippen LogP contribution in [0.15, 0.2) is 36.5 Å². The Morgan fingerprint density at radius 1 is 1.42 bits per heavy atom. The number of anilines is 1. The van der Waals surface area contributed by atoms with Crippen molar-refractivity contribution in [1.82, 2.24) is 9.88 Å². The third kappa shape index (κ3) is 2.88. The summed E-state index contributed by atoms with van der Waals surface area (Å²) in [5.74, 6) is 0.442. The number of carbonyl (C=O) groups is 1. The van der Waals surface area contributed by atoms with E-state index in [0.717, 1.165) is 5.69 Å². The van der Waals surface area contributed by atoms with Crippen LogP contribution < -0.4 is 15.8 Å². The molecule has 1 aromatic carbocycles. The van der Waals surface area contributed by atoms with Crippen molar-refractivity contribution in [1.29, 1.82) is 0 Å². The van der Waals surface area contributed by atoms with Crippen LogP contribution in [-0.2, 0) is 13.6 Å². The maximum atomic E-state index is 12.0. The maximum Gasteiger partial charge on any atom is 0.253 e. The van der Waals surface area contributed by atoms with Crippen LogP contribution in [0.5, 0.6) is 5.75 Å². The highest BCUT2D eigenvalue weighted by atomic mass is 16.5. The number of carbonyl (C=O) groups excluding carboxylic acids is 1. The van der Waals surface area contributed by atoms with Crippen molar-refractivity contribution in [3.05, 3.63) is 47.8 Å². The van der Waals surface area contributed by atoms with Gasteiger partial charge in [-0.05, 0) is 24.3 Å². The molecule has 0 unspecified atom stereocenters. The zero-order valence-corrected chi connectivity index (χ0v) is 11.0. The Morgan fingerprint density at radius 3 is 2.79 bits per heavy atom. The molecule has 2 aromatic rings. The molecule has 0 spiro atoms. The number of nitrogens with two attached hydrogens (primary N) is 1. The van der Waals surface area contributed by atoms with Gasteiger partial charge in [0.15, 0.2) is 0 Å². The highest BCUT2D eigenvalue weighted by Gasteiger charge is 2.10. The summed E-state index contributed by atoms with van der Waals surface area (Å²) in [4.78, 5) is 12.0. The highest BCUT2D eigenvalue weighted by Crippen LogP contribution is 2.19. The number of hydrogen-bond acceptors (Lipinski definition) is 3. The van der Waals surface area contributed by atoms with Crippen LogP contribution in [0.4, 0.5) is 5.69 Å². The fourth-order valence-electron chi connectivity index (χ4n) is 1.82. The summed E-state index contributed by atoms with van der Waals surface area (Å²) in [6, 6.07) is 8.90. The van der Waals surface area contributed by atoms with Crippen molar-refractivity contribution in [2.45, 2.75) is 6.54 Å². The smallest absolute Gasteiger partial charge is 0.253 e. The lowest BCUT2D eigenvalue weighted by Gasteiger charge is -2.09. The van der Waals surface area contributed by atoms with Gasteiger partial charge in [-0.25, -0.2) is 0 Å². The van der Waals surface area contributed by atoms with Gasteiger partial charge in [-0.3, -0.25) is 4.79 Å². The Bertz CT molecular complexity index is 590. The Kier molecular flexibility index (Phi) is 3.75. The van der Waals surface area contributed by atoms with Gasteiger partial charge in [0.2, 0.25) is 0 Å². The molecule has 100 valence electrons. The van der Waals surface area contributed by atoms with Crippen LogP contribution in [-0.4, -0.2) is 17.6 Å². The van der Waals surface area contributed by atoms with Crippen LogP contribution in [0, 0.1) is 0 Å². The number of amides is 1. The first kappa shape index (κ1) is 13.0. The first-order valence-electron chi connectivity index (χ1n) is 5.93. The van der Waals surface area contributed by atoms with Crippen LogP contribution in [0.3, 0.4) is 0 Å². The molecule has 0 fully saturated rings. The van der Waals surface area contributed by atoms with Crippen LogP contribution >= 0.6 is 0 Å². The van der Waals surface area contributed by atoms with E-state index in [1.54, 1.807) is 25.3 Å². The largest absolute Gasteiger partial charge is 0.497 e. The predicted molar refractivity (Wildman–Crippen MR) is 74.0 cm³/mol. The van der Waals surface area contributed by atoms with Crippen molar-refractivity contribution in [2.75, 3.05) is 12.8 Å². The molecule has 3 N–H and O–H groups in total. The molecule has 0 saturated carbocycles. The number of nitrogen functional groups attached to an aromatic ring is 1. The summed E-state index contributed by atoms with van der Waals surface area (Å²) >= 11 is 0. The van der Waals surface area contributed by atoms with Crippen molar-refractivity contribution in [2.24, 2.45) is 7.05 Å². The summed E-state index contributed by atoms with van der Waals surface area (Å²) in [5, 5.41) is 2.84. The third-order valence-corrected chi connectivity index (χ3v) is 2.98. The number of hydrogen-bond donors (Lipinski definition) is 2. The number of benzene rings is 1. The van der Waals surface area contributed by atoms with Gasteiger partial charge >= 0.3 is 0 Å². The van der Waals surface area contributed by atoms with Gasteiger partial charge in [-0.15, -0.1) is 0 Å². The molecule has 0 aliphatic rings. The van der Waals surface area contributed by atoms with Crippen LogP contribution in [0.2, 0.25) is 0 Å². The molecule has 19 heavy (non-hydrogen) atoms. The van der Waals surface area contributed by atoms with E-state index >= 15 is 0 Å². The number of methoxy groups -OCH3 is 1. The van der Waals surface area contributed by atoms with Crippen LogP contribution in [0.25, 0.3) is 0 Å². The van der Waals surface area contributed by atoms with E-state index in [0.29, 0.717) is 23.5 Å². The van der Waals surface area contributed by atoms with Crippen molar-refractivity contribution in [3.8, 4) is 5.75 Å². The second-order valence-electron chi connectivity index (χ2n) is 4.25. The van der Waals surface area contributed by atoms with Crippen LogP contribution in [0.1, 0.15) is 16.1 Å². The fourth-order valence-corrected chi connectivity index (χ4v) is 1.82. The molecule has 0 atom stereocenters. The van der Waals surface area contributed by atoms with E-state index < -0.39 is 0 Å². The molecule has 5 heteroatoms. The molecule has 0 aliphatic heterocycles. The molecule has 1 amide bonds. The van der Waals surface area contributed by atoms with Gasteiger partial charge in [-0.2, -0.15) is 0 Å². The summed E-state index contributed by atoms with van der Waals surface area (Å²) in [7, 11) is 3.49. The Balaban J connectivity index is 2.06. The molecular weight excluding hydrogens is 242 g/mol. The molecule has 0 bridgehead atoms. The second-order valence-corrected chi connectivity index (χ2v) is 4.25. The lowest BCUT2D eigenvalue weighted by atomic mass is 10.1. The molecule has 0 radical (unpaired) electrons. The minimum absolute atomic E-state index is 0.193. The second kappa shape index (κ2) is 5.48. The third-order valence-electron chi connectivity index (χ3n) is 2.98. The topological polar surface area (TPSA) is 69.3 Å². The minimum atomic E-state index is -0.193. The molecule has 2 rings (SSSR count). The van der Waals surface area contributed by atoms with Gasteiger partial charge in [0.1, 0.15) is 5.75 Å². The zero-order chi connectivity index (χ0) is 13.8. The predicted octanol–water partition coefficient (Wildman–Crippen LogP) is 1.55. The Hall–Kier alpha value is -2.43. The molecule has 5 nitrogen and oxygen atoms in total. The summed E-state index contributed by atoms with van der Waals surface area (Å²) in [6.07, 6.45) is 1.93. The van der Waals surface area contributed by atoms with Crippen molar-refractivity contribution in [3.63, 3.8) is 0 Å². The first-order chi connectivity index (χ1) is 9.11. The number of aromatic nitrogens is 1. The van der Waals surface area contributed by atoms with Gasteiger partial charge in [-0.1, -0.05) is 0 Å². The molecular formula is C14H17N3O2. The maximum absolute atomic E-state index is 12.0. The van der Waals surface area contributed by atoms with Gasteiger partial charge in [0.25, 0.3) is 5.91 Å². The lowest BCUT2D eigenvalue weighted by molar-refractivity contribution is 0.0951. The average Bonchev–Trinajstić information content (AvgIpc) is 2.81. The Labute approximate surface area is 112 Å². The first-order valence-corrected chi connectivity index (χ1v) is 5.93. The Morgan fingerprint density at radius 2 is 2.21 bits per heavy atom. The molecule has 1 heterocycles. The fraction of sp³-hybridized carbons (Fsp3) is 0.214. The normalized spacial score (nSPS) is 10.2. The zero-order valence-electron chi connectivity index (χ0n) is 11.0. The van der Waals surface area contributed by atoms with Gasteiger partial charge in [0, 0.05) is 30.7 Å². The highest BCUT2D eigenvalue weighted by molar-refractivity contribution is 5.99. The average molecular weight is 259 g/mol. The minimum Gasteiger partial charge on any atom is -0.497 e. The van der Waals surface area contributed by atoms with Crippen molar-refractivity contribution >= 4 is 11.6 Å². The standard InChI is InChI=1S/C14H17N3O2/c1-17-7-3-4-10(17)9-16-14(18)12-6-5-11(19-2)8-13(12)15/h3-8H,9,15H2,1-2H3,(H,16,18). The van der Waals surface area contributed by atoms with Gasteiger partial charge < -0.3 is 20.4 Å². The van der Waals surface area contributed by atoms with E-state index in [9.17, 15) is 4.79 Å². The summed E-state index contributed by atoms with van der Waals surface area (Å²) in [5.41, 5.74) is 7.72. The van der Waals surface area contributed by atoms with E-state index in [-0.39, 0.29) is 5.91 Å². The monoisotopic (exact) mass is 259 g/mol. The SMILES string of the molecule is COc1ccc(C(=O)NCc2cccn2C)c(N)c1. The summed E-state index contributed by atoms with van der Waals surface area (Å²) < 4.78 is 7.01. The van der Waals surface area contributed by atoms with Crippen molar-refractivity contribution < 1.29 is 9.53 Å². The number of rotatable bonds is 4. The van der Waals surface area contributed by atoms with E-state index in [2.05, 4.69) is 5.32 Å². The number of nitrogens with one attached hydrogen (secondary N) is 1. The number of nitrogens with zero attached hydrogens (tertiary/aromatic N) is 1. The lowest BCUT2D eigenvalue weighted by Crippen LogP contribution is -2.24. The quantitative estimate of drug-likeness (QED) is 0.818. The van der Waals surface area contributed by atoms with E-state index in [4.69, 9.17) is 10.5 Å². The summed E-state index contributed by atoms with van der Waals surface area (Å²) in [6.45, 7) is 0.466. The molecule has 1 aromatic heterocycles.